The molecule has 0 aliphatic carbocycles. The summed E-state index contributed by atoms with van der Waals surface area (Å²) in [7, 11) is 0. The van der Waals surface area contributed by atoms with Crippen molar-refractivity contribution in [3.05, 3.63) is 0 Å². The first kappa shape index (κ1) is 22.2. The summed E-state index contributed by atoms with van der Waals surface area (Å²) < 4.78 is 0. The number of nitrogens with one attached hydrogen (secondary N) is 2. The molecule has 2 saturated heterocycles. The molecule has 0 atom stereocenters. The third-order valence-electron chi connectivity index (χ3n) is 5.33. The number of hydrogen-bond donors (Lipinski definition) is 2. The molecule has 0 bridgehead atoms. The van der Waals surface area contributed by atoms with Gasteiger partial charge in [0.2, 0.25) is 11.8 Å². The highest BCUT2D eigenvalue weighted by Gasteiger charge is 2.28. The van der Waals surface area contributed by atoms with Gasteiger partial charge in [-0.3, -0.25) is 19.4 Å². The number of likely N-dealkylation sites (tertiary alicyclic amines) is 2. The molecule has 0 unspecified atom stereocenters. The van der Waals surface area contributed by atoms with Crippen LogP contribution >= 0.6 is 0 Å². The molecular weight excluding hydrogens is 360 g/mol. The number of rotatable bonds is 6. The zero-order chi connectivity index (χ0) is 20.4. The van der Waals surface area contributed by atoms with Crippen LogP contribution in [0.25, 0.3) is 0 Å². The zero-order valence-electron chi connectivity index (χ0n) is 17.0. The van der Waals surface area contributed by atoms with E-state index in [-0.39, 0.29) is 11.8 Å². The van der Waals surface area contributed by atoms with E-state index in [2.05, 4.69) is 17.6 Å². The Kier molecular flexibility index (Phi) is 9.23. The minimum atomic E-state index is -0.598. The van der Waals surface area contributed by atoms with Gasteiger partial charge in [0.1, 0.15) is 6.17 Å². The lowest BCUT2D eigenvalue weighted by Gasteiger charge is -2.27. The quantitative estimate of drug-likeness (QED) is 0.534. The number of hydrogen-bond acceptors (Lipinski definition) is 4. The fourth-order valence-electron chi connectivity index (χ4n) is 3.63. The first-order valence-corrected chi connectivity index (χ1v) is 10.7. The van der Waals surface area contributed by atoms with Gasteiger partial charge in [-0.25, -0.2) is 9.59 Å². The van der Waals surface area contributed by atoms with Crippen molar-refractivity contribution in [2.75, 3.05) is 13.1 Å². The van der Waals surface area contributed by atoms with Crippen LogP contribution in [-0.4, -0.2) is 52.9 Å². The highest BCUT2D eigenvalue weighted by Crippen LogP contribution is 2.13. The second kappa shape index (κ2) is 11.7. The van der Waals surface area contributed by atoms with Crippen molar-refractivity contribution in [1.29, 1.82) is 0 Å². The van der Waals surface area contributed by atoms with Gasteiger partial charge >= 0.3 is 12.1 Å². The van der Waals surface area contributed by atoms with Gasteiger partial charge in [-0.1, -0.05) is 32.6 Å². The van der Waals surface area contributed by atoms with E-state index in [1.54, 1.807) is 0 Å². The molecule has 158 valence electrons. The van der Waals surface area contributed by atoms with Gasteiger partial charge in [0.05, 0.1) is 0 Å². The summed E-state index contributed by atoms with van der Waals surface area (Å²) in [5.74, 6) is -0.340. The number of amides is 6. The maximum atomic E-state index is 12.6. The van der Waals surface area contributed by atoms with Crippen LogP contribution in [0.1, 0.15) is 84.0 Å². The molecule has 2 rings (SSSR count). The fraction of sp³-hybridized carbons (Fsp3) is 0.800. The first-order chi connectivity index (χ1) is 13.5. The van der Waals surface area contributed by atoms with Crippen molar-refractivity contribution in [2.24, 2.45) is 0 Å². The third kappa shape index (κ3) is 6.80. The molecule has 0 radical (unpaired) electrons. The molecule has 0 aromatic rings. The summed E-state index contributed by atoms with van der Waals surface area (Å²) in [4.78, 5) is 52.1. The van der Waals surface area contributed by atoms with Gasteiger partial charge in [-0.15, -0.1) is 0 Å². The minimum Gasteiger partial charge on any atom is -0.317 e. The van der Waals surface area contributed by atoms with E-state index >= 15 is 0 Å². The molecule has 2 N–H and O–H groups in total. The minimum absolute atomic E-state index is 0.170. The largest absolute Gasteiger partial charge is 0.325 e. The normalized spacial score (nSPS) is 18.6. The Balaban J connectivity index is 1.99. The summed E-state index contributed by atoms with van der Waals surface area (Å²) in [5.41, 5.74) is 0. The Morgan fingerprint density at radius 3 is 1.79 bits per heavy atom. The van der Waals surface area contributed by atoms with Crippen molar-refractivity contribution in [3.63, 3.8) is 0 Å². The van der Waals surface area contributed by atoms with Crippen LogP contribution < -0.4 is 10.6 Å². The van der Waals surface area contributed by atoms with E-state index < -0.39 is 18.2 Å². The molecule has 2 heterocycles. The third-order valence-corrected chi connectivity index (χ3v) is 5.33. The predicted octanol–water partition coefficient (Wildman–Crippen LogP) is 3.12. The fourth-order valence-corrected chi connectivity index (χ4v) is 3.63. The maximum absolute atomic E-state index is 12.6. The van der Waals surface area contributed by atoms with Crippen LogP contribution in [0.3, 0.4) is 0 Å². The highest BCUT2D eigenvalue weighted by molar-refractivity contribution is 5.96. The zero-order valence-corrected chi connectivity index (χ0v) is 17.0. The van der Waals surface area contributed by atoms with E-state index in [0.717, 1.165) is 57.8 Å². The van der Waals surface area contributed by atoms with Gasteiger partial charge in [0, 0.05) is 25.9 Å². The van der Waals surface area contributed by atoms with Crippen LogP contribution in [0, 0.1) is 0 Å². The summed E-state index contributed by atoms with van der Waals surface area (Å²) in [5, 5.41) is 5.60. The first-order valence-electron chi connectivity index (χ1n) is 10.7. The average molecular weight is 395 g/mol. The standard InChI is InChI=1S/C20H34N4O4/c1-2-3-6-11-16(21-19(27)23-14-9-4-7-12-17(23)25)22-20(28)24-15-10-5-8-13-18(24)26/h16H,2-15H2,1H3,(H,21,27)(H,22,28). The summed E-state index contributed by atoms with van der Waals surface area (Å²) in [6, 6.07) is -0.924. The number of urea groups is 2. The van der Waals surface area contributed by atoms with Crippen molar-refractivity contribution in [1.82, 2.24) is 20.4 Å². The van der Waals surface area contributed by atoms with E-state index in [9.17, 15) is 19.2 Å². The smallest absolute Gasteiger partial charge is 0.317 e. The summed E-state index contributed by atoms with van der Waals surface area (Å²) in [6.45, 7) is 2.90. The van der Waals surface area contributed by atoms with Gasteiger partial charge in [-0.05, 0) is 38.5 Å². The number of unbranched alkanes of at least 4 members (excludes halogenated alkanes) is 2. The lowest BCUT2D eigenvalue weighted by atomic mass is 10.1. The molecule has 6 amide bonds. The maximum Gasteiger partial charge on any atom is 0.325 e. The Hall–Kier alpha value is -2.12. The average Bonchev–Trinajstić information content (AvgIpc) is 3.01. The van der Waals surface area contributed by atoms with Crippen LogP contribution in [0.4, 0.5) is 9.59 Å². The van der Waals surface area contributed by atoms with E-state index in [4.69, 9.17) is 0 Å². The number of carbonyl (C=O) groups excluding carboxylic acids is 4. The second-order valence-corrected chi connectivity index (χ2v) is 7.66. The molecule has 0 saturated carbocycles. The van der Waals surface area contributed by atoms with Gasteiger partial charge in [0.15, 0.2) is 0 Å². The Morgan fingerprint density at radius 2 is 1.32 bits per heavy atom. The Morgan fingerprint density at radius 1 is 0.821 bits per heavy atom. The SMILES string of the molecule is CCCCCC(NC(=O)N1CCCCCC1=O)NC(=O)N1CCCCCC1=O. The van der Waals surface area contributed by atoms with Crippen molar-refractivity contribution in [2.45, 2.75) is 90.1 Å². The van der Waals surface area contributed by atoms with E-state index in [1.807, 2.05) is 0 Å². The monoisotopic (exact) mass is 394 g/mol. The molecule has 8 nitrogen and oxygen atoms in total. The van der Waals surface area contributed by atoms with E-state index in [0.29, 0.717) is 32.4 Å². The van der Waals surface area contributed by atoms with Crippen molar-refractivity contribution >= 4 is 23.9 Å². The molecule has 8 heteroatoms. The molecular formula is C20H34N4O4. The van der Waals surface area contributed by atoms with Gasteiger partial charge < -0.3 is 10.6 Å². The molecule has 2 aliphatic rings. The lowest BCUT2D eigenvalue weighted by molar-refractivity contribution is -0.128. The molecule has 28 heavy (non-hydrogen) atoms. The van der Waals surface area contributed by atoms with Gasteiger partial charge in [-0.2, -0.15) is 0 Å². The topological polar surface area (TPSA) is 98.8 Å². The van der Waals surface area contributed by atoms with Crippen LogP contribution in [0.5, 0.6) is 0 Å². The van der Waals surface area contributed by atoms with Crippen molar-refractivity contribution < 1.29 is 19.2 Å². The molecule has 2 aliphatic heterocycles. The van der Waals surface area contributed by atoms with Crippen LogP contribution in [0.15, 0.2) is 0 Å². The number of imide groups is 2. The molecule has 0 aromatic carbocycles. The number of carbonyl (C=O) groups is 4. The molecule has 2 fully saturated rings. The van der Waals surface area contributed by atoms with E-state index in [1.165, 1.54) is 9.80 Å². The lowest BCUT2D eigenvalue weighted by Crippen LogP contribution is -2.56. The second-order valence-electron chi connectivity index (χ2n) is 7.66. The van der Waals surface area contributed by atoms with Gasteiger partial charge in [0.25, 0.3) is 0 Å². The predicted molar refractivity (Wildman–Crippen MR) is 105 cm³/mol. The Bertz CT molecular complexity index is 522. The van der Waals surface area contributed by atoms with Crippen molar-refractivity contribution in [3.8, 4) is 0 Å². The molecule has 0 aromatic heterocycles. The summed E-state index contributed by atoms with van der Waals surface area (Å²) >= 11 is 0. The van der Waals surface area contributed by atoms with Crippen LogP contribution in [-0.2, 0) is 9.59 Å². The number of nitrogens with zero attached hydrogens (tertiary/aromatic N) is 2. The summed E-state index contributed by atoms with van der Waals surface area (Å²) in [6.07, 6.45) is 8.63. The van der Waals surface area contributed by atoms with Crippen LogP contribution in [0.2, 0.25) is 0 Å². The molecule has 0 spiro atoms. The highest BCUT2D eigenvalue weighted by atomic mass is 16.2. The Labute approximate surface area is 167 Å².